The Hall–Kier alpha value is -2.78. The lowest BCUT2D eigenvalue weighted by Crippen LogP contribution is -2.54. The molecule has 2 N–H and O–H groups in total. The Morgan fingerprint density at radius 3 is 2.53 bits per heavy atom. The Balaban J connectivity index is 1.35. The van der Waals surface area contributed by atoms with Crippen LogP contribution in [0, 0.1) is 12.7 Å². The highest BCUT2D eigenvalue weighted by molar-refractivity contribution is 5.91. The van der Waals surface area contributed by atoms with Gasteiger partial charge in [-0.25, -0.2) is 4.39 Å². The summed E-state index contributed by atoms with van der Waals surface area (Å²) in [6.45, 7) is 7.28. The summed E-state index contributed by atoms with van der Waals surface area (Å²) in [4.78, 5) is 28.7. The Kier molecular flexibility index (Phi) is 7.53. The lowest BCUT2D eigenvalue weighted by Gasteiger charge is -2.37. The molecule has 3 rings (SSSR count). The number of amides is 2. The van der Waals surface area contributed by atoms with Gasteiger partial charge in [-0.05, 0) is 38.0 Å². The number of anilines is 1. The summed E-state index contributed by atoms with van der Waals surface area (Å²) in [7, 11) is 0. The second-order valence-corrected chi connectivity index (χ2v) is 7.53. The summed E-state index contributed by atoms with van der Waals surface area (Å²) in [5.41, 5.74) is 0.983. The van der Waals surface area contributed by atoms with E-state index in [1.54, 1.807) is 25.1 Å². The minimum atomic E-state index is -0.263. The van der Waals surface area contributed by atoms with Gasteiger partial charge < -0.3 is 15.2 Å². The van der Waals surface area contributed by atoms with E-state index in [1.165, 1.54) is 12.1 Å². The molecule has 1 saturated heterocycles. The molecule has 0 saturated carbocycles. The molecule has 1 aromatic carbocycles. The van der Waals surface area contributed by atoms with Crippen molar-refractivity contribution in [3.63, 3.8) is 0 Å². The highest BCUT2D eigenvalue weighted by Crippen LogP contribution is 2.09. The van der Waals surface area contributed by atoms with Crippen molar-refractivity contribution in [2.45, 2.75) is 26.3 Å². The van der Waals surface area contributed by atoms with Crippen molar-refractivity contribution in [2.75, 3.05) is 44.6 Å². The molecule has 1 aliphatic heterocycles. The van der Waals surface area contributed by atoms with Gasteiger partial charge in [0.25, 0.3) is 0 Å². The molecule has 30 heavy (non-hydrogen) atoms. The van der Waals surface area contributed by atoms with Crippen molar-refractivity contribution < 1.29 is 18.5 Å². The molecular formula is C21H28FN5O3. The third kappa shape index (κ3) is 6.36. The van der Waals surface area contributed by atoms with Crippen LogP contribution in [0.25, 0.3) is 0 Å². The van der Waals surface area contributed by atoms with Crippen molar-refractivity contribution in [1.82, 2.24) is 20.3 Å². The molecule has 1 fully saturated rings. The van der Waals surface area contributed by atoms with E-state index < -0.39 is 0 Å². The first-order chi connectivity index (χ1) is 14.4. The maximum atomic E-state index is 12.9. The van der Waals surface area contributed by atoms with Crippen LogP contribution in [-0.2, 0) is 16.0 Å². The molecule has 1 atom stereocenters. The average Bonchev–Trinajstić information content (AvgIpc) is 3.13. The molecule has 0 aliphatic carbocycles. The predicted octanol–water partition coefficient (Wildman–Crippen LogP) is 1.43. The molecule has 0 radical (unpaired) electrons. The third-order valence-corrected chi connectivity index (χ3v) is 5.22. The highest BCUT2D eigenvalue weighted by Gasteiger charge is 2.26. The van der Waals surface area contributed by atoms with Gasteiger partial charge in [0.2, 0.25) is 11.8 Å². The van der Waals surface area contributed by atoms with Crippen LogP contribution >= 0.6 is 0 Å². The fraction of sp³-hybridized carbons (Fsp3) is 0.476. The number of nitrogens with one attached hydrogen (secondary N) is 2. The van der Waals surface area contributed by atoms with Gasteiger partial charge in [-0.15, -0.1) is 0 Å². The van der Waals surface area contributed by atoms with E-state index in [4.69, 9.17) is 4.52 Å². The number of carbonyl (C=O) groups excluding carboxylic acids is 2. The van der Waals surface area contributed by atoms with Gasteiger partial charge in [0.1, 0.15) is 11.6 Å². The molecule has 2 amide bonds. The number of piperazine rings is 1. The van der Waals surface area contributed by atoms with Crippen LogP contribution in [0.3, 0.4) is 0 Å². The standard InChI is InChI=1S/C21H28FN5O3/c1-15-13-19(25-30-15)24-20(28)14-26-9-11-27(12-10-26)16(2)21(29)23-8-7-17-3-5-18(22)6-4-17/h3-6,13,16H,7-12,14H2,1-2H3,(H,23,29)(H,24,25,28). The molecule has 0 bridgehead atoms. The normalized spacial score (nSPS) is 16.2. The van der Waals surface area contributed by atoms with Gasteiger partial charge in [-0.2, -0.15) is 0 Å². The Bertz CT molecular complexity index is 847. The quantitative estimate of drug-likeness (QED) is 0.675. The van der Waals surface area contributed by atoms with E-state index in [9.17, 15) is 14.0 Å². The van der Waals surface area contributed by atoms with Crippen LogP contribution in [-0.4, -0.2) is 72.1 Å². The minimum absolute atomic E-state index is 0.0234. The topological polar surface area (TPSA) is 90.7 Å². The van der Waals surface area contributed by atoms with Crippen LogP contribution in [0.15, 0.2) is 34.9 Å². The molecular weight excluding hydrogens is 389 g/mol. The monoisotopic (exact) mass is 417 g/mol. The number of halogens is 1. The molecule has 2 heterocycles. The molecule has 162 valence electrons. The van der Waals surface area contributed by atoms with E-state index in [0.717, 1.165) is 5.56 Å². The lowest BCUT2D eigenvalue weighted by atomic mass is 10.1. The van der Waals surface area contributed by atoms with E-state index in [0.29, 0.717) is 50.7 Å². The van der Waals surface area contributed by atoms with Gasteiger partial charge in [0.15, 0.2) is 5.82 Å². The maximum absolute atomic E-state index is 12.9. The van der Waals surface area contributed by atoms with Gasteiger partial charge >= 0.3 is 0 Å². The first-order valence-electron chi connectivity index (χ1n) is 10.1. The summed E-state index contributed by atoms with van der Waals surface area (Å²) in [5, 5.41) is 9.42. The van der Waals surface area contributed by atoms with Gasteiger partial charge in [-0.3, -0.25) is 19.4 Å². The van der Waals surface area contributed by atoms with Crippen LogP contribution < -0.4 is 10.6 Å². The van der Waals surface area contributed by atoms with E-state index >= 15 is 0 Å². The second-order valence-electron chi connectivity index (χ2n) is 7.53. The van der Waals surface area contributed by atoms with E-state index in [2.05, 4.69) is 25.6 Å². The van der Waals surface area contributed by atoms with E-state index in [1.807, 2.05) is 6.92 Å². The Labute approximate surface area is 175 Å². The highest BCUT2D eigenvalue weighted by atomic mass is 19.1. The number of benzene rings is 1. The maximum Gasteiger partial charge on any atom is 0.239 e. The van der Waals surface area contributed by atoms with Crippen LogP contribution in [0.4, 0.5) is 10.2 Å². The van der Waals surface area contributed by atoms with Crippen LogP contribution in [0.2, 0.25) is 0 Å². The van der Waals surface area contributed by atoms with Crippen molar-refractivity contribution >= 4 is 17.6 Å². The molecule has 1 aliphatic rings. The SMILES string of the molecule is Cc1cc(NC(=O)CN2CCN(C(C)C(=O)NCCc3ccc(F)cc3)CC2)no1. The third-order valence-electron chi connectivity index (χ3n) is 5.22. The fourth-order valence-corrected chi connectivity index (χ4v) is 3.41. The smallest absolute Gasteiger partial charge is 0.239 e. The van der Waals surface area contributed by atoms with Crippen LogP contribution in [0.5, 0.6) is 0 Å². The second kappa shape index (κ2) is 10.3. The summed E-state index contributed by atoms with van der Waals surface area (Å²) in [6.07, 6.45) is 0.659. The first-order valence-corrected chi connectivity index (χ1v) is 10.1. The van der Waals surface area contributed by atoms with Crippen molar-refractivity contribution in [2.24, 2.45) is 0 Å². The fourth-order valence-electron chi connectivity index (χ4n) is 3.41. The number of aromatic nitrogens is 1. The summed E-state index contributed by atoms with van der Waals surface area (Å²) in [5.74, 6) is 0.639. The van der Waals surface area contributed by atoms with E-state index in [-0.39, 0.29) is 30.2 Å². The largest absolute Gasteiger partial charge is 0.360 e. The zero-order chi connectivity index (χ0) is 21.5. The zero-order valence-corrected chi connectivity index (χ0v) is 17.4. The molecule has 8 nitrogen and oxygen atoms in total. The zero-order valence-electron chi connectivity index (χ0n) is 17.4. The average molecular weight is 417 g/mol. The molecule has 9 heteroatoms. The molecule has 0 spiro atoms. The summed E-state index contributed by atoms with van der Waals surface area (Å²) < 4.78 is 17.9. The van der Waals surface area contributed by atoms with Crippen molar-refractivity contribution in [3.05, 3.63) is 47.5 Å². The number of nitrogens with zero attached hydrogens (tertiary/aromatic N) is 3. The predicted molar refractivity (Wildman–Crippen MR) is 110 cm³/mol. The Morgan fingerprint density at radius 2 is 1.90 bits per heavy atom. The first kappa shape index (κ1) is 21.9. The molecule has 2 aromatic rings. The summed E-state index contributed by atoms with van der Waals surface area (Å²) >= 11 is 0. The van der Waals surface area contributed by atoms with Gasteiger partial charge in [0.05, 0.1) is 12.6 Å². The van der Waals surface area contributed by atoms with Crippen LogP contribution in [0.1, 0.15) is 18.2 Å². The number of aryl methyl sites for hydroxylation is 1. The number of hydrogen-bond acceptors (Lipinski definition) is 6. The molecule has 1 aromatic heterocycles. The summed E-state index contributed by atoms with van der Waals surface area (Å²) in [6, 6.07) is 7.73. The van der Waals surface area contributed by atoms with Crippen molar-refractivity contribution in [1.29, 1.82) is 0 Å². The lowest BCUT2D eigenvalue weighted by molar-refractivity contribution is -0.127. The number of carbonyl (C=O) groups is 2. The van der Waals surface area contributed by atoms with Crippen molar-refractivity contribution in [3.8, 4) is 0 Å². The number of hydrogen-bond donors (Lipinski definition) is 2. The van der Waals surface area contributed by atoms with Gasteiger partial charge in [-0.1, -0.05) is 17.3 Å². The Morgan fingerprint density at radius 1 is 1.20 bits per heavy atom. The molecule has 1 unspecified atom stereocenters. The number of rotatable bonds is 8. The van der Waals surface area contributed by atoms with Gasteiger partial charge in [0, 0.05) is 38.8 Å². The minimum Gasteiger partial charge on any atom is -0.360 e.